The number of fused-ring (bicyclic) bond motifs is 2. The summed E-state index contributed by atoms with van der Waals surface area (Å²) in [6.45, 7) is -0.275. The highest BCUT2D eigenvalue weighted by molar-refractivity contribution is 7.88. The molecule has 90 heavy (non-hydrogen) atoms. The summed E-state index contributed by atoms with van der Waals surface area (Å²) < 4.78 is 218. The second kappa shape index (κ2) is 25.4. The summed E-state index contributed by atoms with van der Waals surface area (Å²) in [6, 6.07) is 22.1. The second-order valence-corrected chi connectivity index (χ2v) is 27.3. The Balaban J connectivity index is 0.978. The van der Waals surface area contributed by atoms with E-state index in [1.807, 2.05) is 0 Å². The number of carbonyl (C=O) groups is 5. The Morgan fingerprint density at radius 3 is 0.978 bits per heavy atom. The van der Waals surface area contributed by atoms with Gasteiger partial charge in [0, 0.05) is 91.9 Å². The number of benzene rings is 8. The average Bonchev–Trinajstić information content (AvgIpc) is 0.843. The Morgan fingerprint density at radius 1 is 0.344 bits per heavy atom. The Kier molecular flexibility index (Phi) is 18.8. The first kappa shape index (κ1) is 66.8. The van der Waals surface area contributed by atoms with Crippen LogP contribution in [0.5, 0.6) is 0 Å². The maximum atomic E-state index is 13.8. The van der Waals surface area contributed by atoms with Gasteiger partial charge in [0.2, 0.25) is 0 Å². The van der Waals surface area contributed by atoms with Gasteiger partial charge in [-0.1, -0.05) is 24.3 Å². The minimum Gasteiger partial charge on any atom is -0.380 e. The van der Waals surface area contributed by atoms with E-state index in [1.165, 1.54) is 99.1 Å². The van der Waals surface area contributed by atoms with Crippen LogP contribution in [0.15, 0.2) is 163 Å². The fourth-order valence-corrected chi connectivity index (χ4v) is 13.0. The van der Waals surface area contributed by atoms with E-state index in [-0.39, 0.29) is 70.3 Å². The Bertz CT molecular complexity index is 4790. The number of methoxy groups -OCH3 is 2. The predicted octanol–water partition coefficient (Wildman–Crippen LogP) is 6.42. The van der Waals surface area contributed by atoms with Crippen molar-refractivity contribution in [3.63, 3.8) is 0 Å². The molecule has 0 unspecified atom stereocenters. The van der Waals surface area contributed by atoms with Gasteiger partial charge in [-0.3, -0.25) is 46.5 Å². The van der Waals surface area contributed by atoms with Gasteiger partial charge in [-0.15, -0.1) is 0 Å². The third kappa shape index (κ3) is 15.3. The molecule has 31 nitrogen and oxygen atoms in total. The predicted molar refractivity (Wildman–Crippen MR) is 318 cm³/mol. The van der Waals surface area contributed by atoms with Crippen molar-refractivity contribution in [2.75, 3.05) is 46.1 Å². The summed E-state index contributed by atoms with van der Waals surface area (Å²) in [5, 5.41) is 11.7. The number of rotatable bonds is 20. The summed E-state index contributed by atoms with van der Waals surface area (Å²) in [7, 11) is -29.4. The molecule has 472 valence electrons. The van der Waals surface area contributed by atoms with E-state index in [0.29, 0.717) is 35.4 Å². The van der Waals surface area contributed by atoms with E-state index >= 15 is 0 Å². The maximum absolute atomic E-state index is 13.8. The van der Waals surface area contributed by atoms with Crippen molar-refractivity contribution in [3.8, 4) is 0 Å². The molecule has 0 radical (unpaired) electrons. The first-order chi connectivity index (χ1) is 41.8. The number of ether oxygens (including phenoxy) is 2. The standard InChI is InChI=1S/C53H44N6O25S6/c1-83-25-31-11-9-29(51(62)56-39-13-15-43(87(71,72)73)37-21-35(85(65,66)67)23-45(47(37)39)89(77,78)79)19-41(31)58-49(60)27-5-3-7-33(17-27)54-53(64)55-34-8-4-6-28(18-34)50(61)59-42-20-30(10-12-32(42)26-84-2)52(63)57-40-14-16-44(88(74,75)76)38-22-36(86(68,69)70)24-46(48(38)40)90(80,81)82/h3-24H,25-26H2,1-2H3,(H,56,62)(H,57,63)(H,58,60)(H,59,61)(H2,54,55,64)(H,65,66,67)(H,68,69,70)(H,71,72,73)(H,74,75,76)(H,77,78,79)(H,80,81,82). The summed E-state index contributed by atoms with van der Waals surface area (Å²) in [6.07, 6.45) is 0. The van der Waals surface area contributed by atoms with Gasteiger partial charge in [-0.05, 0) is 109 Å². The lowest BCUT2D eigenvalue weighted by Gasteiger charge is -2.16. The van der Waals surface area contributed by atoms with E-state index < -0.39 is 153 Å². The molecule has 0 aromatic heterocycles. The summed E-state index contributed by atoms with van der Waals surface area (Å²) in [5.74, 6) is -3.71. The van der Waals surface area contributed by atoms with Crippen LogP contribution in [0, 0.1) is 0 Å². The first-order valence-electron chi connectivity index (χ1n) is 24.7. The maximum Gasteiger partial charge on any atom is 0.323 e. The minimum atomic E-state index is -5.47. The Morgan fingerprint density at radius 2 is 0.667 bits per heavy atom. The number of hydrogen-bond acceptors (Lipinski definition) is 19. The molecule has 37 heteroatoms. The smallest absolute Gasteiger partial charge is 0.323 e. The molecule has 0 spiro atoms. The number of hydrogen-bond donors (Lipinski definition) is 12. The van der Waals surface area contributed by atoms with Gasteiger partial charge in [0.15, 0.2) is 0 Å². The Hall–Kier alpha value is -9.19. The molecule has 0 saturated heterocycles. The molecule has 0 aliphatic rings. The lowest BCUT2D eigenvalue weighted by Crippen LogP contribution is -2.21. The third-order valence-electron chi connectivity index (χ3n) is 12.8. The van der Waals surface area contributed by atoms with E-state index in [2.05, 4.69) is 31.9 Å². The molecule has 8 aromatic rings. The van der Waals surface area contributed by atoms with Crippen molar-refractivity contribution < 1.29 is 111 Å². The molecule has 6 amide bonds. The molecule has 8 aromatic carbocycles. The second-order valence-electron chi connectivity index (χ2n) is 18.9. The van der Waals surface area contributed by atoms with E-state index in [9.17, 15) is 102 Å². The van der Waals surface area contributed by atoms with Crippen molar-refractivity contribution in [2.45, 2.75) is 42.6 Å². The van der Waals surface area contributed by atoms with Gasteiger partial charge < -0.3 is 41.4 Å². The number of amides is 6. The highest BCUT2D eigenvalue weighted by atomic mass is 32.2. The zero-order valence-electron chi connectivity index (χ0n) is 45.5. The van der Waals surface area contributed by atoms with Crippen molar-refractivity contribution in [3.05, 3.63) is 167 Å². The Labute approximate surface area is 509 Å². The van der Waals surface area contributed by atoms with E-state index in [1.54, 1.807) is 0 Å². The molecule has 0 atom stereocenters. The molecule has 0 fully saturated rings. The highest BCUT2D eigenvalue weighted by Crippen LogP contribution is 2.39. The van der Waals surface area contributed by atoms with Crippen LogP contribution >= 0.6 is 0 Å². The molecular weight excluding hydrogens is 1310 g/mol. The van der Waals surface area contributed by atoms with Gasteiger partial charge in [-0.25, -0.2) is 4.79 Å². The van der Waals surface area contributed by atoms with Crippen LogP contribution in [0.2, 0.25) is 0 Å². The lowest BCUT2D eigenvalue weighted by molar-refractivity contribution is 0.101. The quantitative estimate of drug-likeness (QED) is 0.0366. The molecule has 8 rings (SSSR count). The topological polar surface area (TPSA) is 502 Å². The molecule has 0 saturated carbocycles. The fourth-order valence-electron chi connectivity index (χ4n) is 8.93. The van der Waals surface area contributed by atoms with Crippen molar-refractivity contribution >= 4 is 146 Å². The SMILES string of the molecule is COCc1ccc(C(=O)Nc2ccc(S(=O)(=O)O)c3cc(S(=O)(=O)O)cc(S(=O)(=O)O)c23)cc1NC(=O)c1cccc(NC(=O)Nc2cccc(C(=O)Nc3cc(C(=O)Nc4ccc(S(=O)(=O)O)c5cc(S(=O)(=O)O)cc(S(=O)(=O)O)c45)ccc3COC)c2)c1. The van der Waals surface area contributed by atoms with Gasteiger partial charge in [0.1, 0.15) is 19.6 Å². The van der Waals surface area contributed by atoms with Crippen LogP contribution in [0.1, 0.15) is 52.6 Å². The highest BCUT2D eigenvalue weighted by Gasteiger charge is 2.30. The van der Waals surface area contributed by atoms with Crippen molar-refractivity contribution in [1.29, 1.82) is 0 Å². The summed E-state index contributed by atoms with van der Waals surface area (Å²) >= 11 is 0. The molecule has 0 heterocycles. The number of urea groups is 1. The first-order valence-corrected chi connectivity index (χ1v) is 33.3. The van der Waals surface area contributed by atoms with Gasteiger partial charge in [-0.2, -0.15) is 50.5 Å². The monoisotopic (exact) mass is 1360 g/mol. The average molecular weight is 1360 g/mol. The normalized spacial score (nSPS) is 12.3. The van der Waals surface area contributed by atoms with Crippen molar-refractivity contribution in [2.24, 2.45) is 0 Å². The van der Waals surface area contributed by atoms with Crippen LogP contribution in [0.3, 0.4) is 0 Å². The molecule has 0 aliphatic carbocycles. The van der Waals surface area contributed by atoms with Crippen LogP contribution in [-0.2, 0) is 83.4 Å². The zero-order valence-corrected chi connectivity index (χ0v) is 50.4. The molecule has 12 N–H and O–H groups in total. The van der Waals surface area contributed by atoms with Crippen LogP contribution < -0.4 is 31.9 Å². The number of nitrogens with one attached hydrogen (secondary N) is 6. The van der Waals surface area contributed by atoms with Gasteiger partial charge in [0.25, 0.3) is 84.3 Å². The minimum absolute atomic E-state index is 0.0224. The van der Waals surface area contributed by atoms with Gasteiger partial charge >= 0.3 is 6.03 Å². The lowest BCUT2D eigenvalue weighted by atomic mass is 10.1. The molecule has 0 aliphatic heterocycles. The third-order valence-corrected chi connectivity index (χ3v) is 18.1. The fraction of sp³-hybridized carbons (Fsp3) is 0.0755. The van der Waals surface area contributed by atoms with E-state index in [4.69, 9.17) is 9.47 Å². The largest absolute Gasteiger partial charge is 0.380 e. The van der Waals surface area contributed by atoms with Gasteiger partial charge in [0.05, 0.1) is 34.4 Å². The van der Waals surface area contributed by atoms with Crippen LogP contribution in [0.25, 0.3) is 21.5 Å². The molecular formula is C53H44N6O25S6. The summed E-state index contributed by atoms with van der Waals surface area (Å²) in [4.78, 5) is 61.5. The van der Waals surface area contributed by atoms with Crippen LogP contribution in [0.4, 0.5) is 38.9 Å². The number of anilines is 6. The number of carbonyl (C=O) groups excluding carboxylic acids is 5. The molecule has 0 bridgehead atoms. The van der Waals surface area contributed by atoms with Crippen LogP contribution in [-0.4, -0.2) is 122 Å². The zero-order chi connectivity index (χ0) is 66.2. The summed E-state index contributed by atoms with van der Waals surface area (Å²) in [5.41, 5.74) is -0.999. The van der Waals surface area contributed by atoms with E-state index in [0.717, 1.165) is 12.1 Å². The van der Waals surface area contributed by atoms with Crippen molar-refractivity contribution in [1.82, 2.24) is 0 Å².